The van der Waals surface area contributed by atoms with Crippen molar-refractivity contribution in [3.63, 3.8) is 0 Å². The maximum Gasteiger partial charge on any atom is 0.327 e. The van der Waals surface area contributed by atoms with Crippen LogP contribution < -0.4 is 11.4 Å². The predicted octanol–water partition coefficient (Wildman–Crippen LogP) is 0.569. The number of nitrogens with two attached hydrogens (primary N) is 1. The lowest BCUT2D eigenvalue weighted by Gasteiger charge is -2.15. The number of nitrogens with one attached hydrogen (secondary N) is 1. The van der Waals surface area contributed by atoms with Crippen molar-refractivity contribution < 1.29 is 14.0 Å². The van der Waals surface area contributed by atoms with E-state index in [0.717, 1.165) is 5.56 Å². The van der Waals surface area contributed by atoms with Crippen LogP contribution in [0.25, 0.3) is 0 Å². The number of hydrazine groups is 1. The van der Waals surface area contributed by atoms with Crippen molar-refractivity contribution in [1.29, 1.82) is 0 Å². The maximum atomic E-state index is 12.7. The van der Waals surface area contributed by atoms with E-state index in [4.69, 9.17) is 5.84 Å². The number of rotatable bonds is 6. The van der Waals surface area contributed by atoms with Crippen LogP contribution in [0.1, 0.15) is 12.0 Å². The molecule has 1 aromatic rings. The second kappa shape index (κ2) is 6.95. The van der Waals surface area contributed by atoms with Crippen LogP contribution in [0.15, 0.2) is 24.3 Å². The van der Waals surface area contributed by atoms with Crippen LogP contribution in [0, 0.1) is 5.82 Å². The first-order chi connectivity index (χ1) is 8.11. The SMILES string of the molecule is CN(CCC(=O)ONN)Cc1ccc(F)cc1. The highest BCUT2D eigenvalue weighted by atomic mass is 19.1. The van der Waals surface area contributed by atoms with Gasteiger partial charge in [-0.15, -0.1) is 0 Å². The van der Waals surface area contributed by atoms with E-state index in [1.807, 2.05) is 17.5 Å². The summed E-state index contributed by atoms with van der Waals surface area (Å²) in [5.41, 5.74) is 2.82. The number of carbonyl (C=O) groups excluding carboxylic acids is 1. The Balaban J connectivity index is 2.31. The van der Waals surface area contributed by atoms with Crippen molar-refractivity contribution >= 4 is 5.97 Å². The Kier molecular flexibility index (Phi) is 5.55. The first-order valence-electron chi connectivity index (χ1n) is 5.20. The van der Waals surface area contributed by atoms with Gasteiger partial charge in [0, 0.05) is 13.1 Å². The van der Waals surface area contributed by atoms with Gasteiger partial charge in [0.1, 0.15) is 5.82 Å². The second-order valence-electron chi connectivity index (χ2n) is 3.71. The van der Waals surface area contributed by atoms with Crippen LogP contribution in [0.2, 0.25) is 0 Å². The molecule has 0 heterocycles. The van der Waals surface area contributed by atoms with E-state index in [-0.39, 0.29) is 12.2 Å². The molecule has 17 heavy (non-hydrogen) atoms. The van der Waals surface area contributed by atoms with Gasteiger partial charge in [-0.25, -0.2) is 10.2 Å². The highest BCUT2D eigenvalue weighted by Crippen LogP contribution is 2.05. The maximum absolute atomic E-state index is 12.7. The van der Waals surface area contributed by atoms with Gasteiger partial charge in [0.25, 0.3) is 0 Å². The van der Waals surface area contributed by atoms with Crippen LogP contribution in [0.3, 0.4) is 0 Å². The Bertz CT molecular complexity index is 356. The zero-order valence-corrected chi connectivity index (χ0v) is 9.65. The molecule has 6 heteroatoms. The van der Waals surface area contributed by atoms with Crippen molar-refractivity contribution in [2.75, 3.05) is 13.6 Å². The molecule has 0 saturated carbocycles. The number of carbonyl (C=O) groups is 1. The van der Waals surface area contributed by atoms with Gasteiger partial charge in [-0.1, -0.05) is 17.7 Å². The fourth-order valence-electron chi connectivity index (χ4n) is 1.38. The molecule has 94 valence electrons. The molecule has 0 amide bonds. The predicted molar refractivity (Wildman–Crippen MR) is 60.8 cm³/mol. The van der Waals surface area contributed by atoms with Crippen molar-refractivity contribution in [3.05, 3.63) is 35.6 Å². The lowest BCUT2D eigenvalue weighted by molar-refractivity contribution is -0.151. The average Bonchev–Trinajstić information content (AvgIpc) is 2.30. The summed E-state index contributed by atoms with van der Waals surface area (Å²) in [5.74, 6) is 4.16. The zero-order valence-electron chi connectivity index (χ0n) is 9.65. The molecule has 0 atom stereocenters. The number of hydrogen-bond acceptors (Lipinski definition) is 5. The first-order valence-corrected chi connectivity index (χ1v) is 5.20. The monoisotopic (exact) mass is 241 g/mol. The van der Waals surface area contributed by atoms with Crippen molar-refractivity contribution in [2.45, 2.75) is 13.0 Å². The van der Waals surface area contributed by atoms with Crippen molar-refractivity contribution in [2.24, 2.45) is 5.84 Å². The van der Waals surface area contributed by atoms with Crippen molar-refractivity contribution in [1.82, 2.24) is 10.5 Å². The third-order valence-corrected chi connectivity index (χ3v) is 2.24. The summed E-state index contributed by atoms with van der Waals surface area (Å²) in [6, 6.07) is 6.25. The van der Waals surface area contributed by atoms with E-state index in [1.165, 1.54) is 12.1 Å². The molecular formula is C11H16FN3O2. The van der Waals surface area contributed by atoms with Crippen LogP contribution in [0.5, 0.6) is 0 Å². The Morgan fingerprint density at radius 1 is 1.47 bits per heavy atom. The summed E-state index contributed by atoms with van der Waals surface area (Å²) < 4.78 is 12.7. The summed E-state index contributed by atoms with van der Waals surface area (Å²) in [6.45, 7) is 1.18. The van der Waals surface area contributed by atoms with Gasteiger partial charge in [0.05, 0.1) is 6.42 Å². The second-order valence-corrected chi connectivity index (χ2v) is 3.71. The molecule has 0 spiro atoms. The molecular weight excluding hydrogens is 225 g/mol. The van der Waals surface area contributed by atoms with Gasteiger partial charge < -0.3 is 9.74 Å². The van der Waals surface area contributed by atoms with E-state index < -0.39 is 5.97 Å². The van der Waals surface area contributed by atoms with Gasteiger partial charge in [-0.2, -0.15) is 0 Å². The molecule has 0 radical (unpaired) electrons. The molecule has 5 nitrogen and oxygen atoms in total. The highest BCUT2D eigenvalue weighted by Gasteiger charge is 2.06. The van der Waals surface area contributed by atoms with E-state index >= 15 is 0 Å². The molecule has 3 N–H and O–H groups in total. The summed E-state index contributed by atoms with van der Waals surface area (Å²) in [7, 11) is 1.87. The normalized spacial score (nSPS) is 10.6. The number of hydrogen-bond donors (Lipinski definition) is 2. The Morgan fingerprint density at radius 3 is 2.71 bits per heavy atom. The molecule has 0 unspecified atom stereocenters. The molecule has 0 aromatic heterocycles. The van der Waals surface area contributed by atoms with Gasteiger partial charge >= 0.3 is 5.97 Å². The lowest BCUT2D eigenvalue weighted by atomic mass is 10.2. The van der Waals surface area contributed by atoms with Crippen molar-refractivity contribution in [3.8, 4) is 0 Å². The summed E-state index contributed by atoms with van der Waals surface area (Å²) in [6.07, 6.45) is 0.238. The van der Waals surface area contributed by atoms with Gasteiger partial charge in [-0.3, -0.25) is 4.79 Å². The molecule has 0 fully saturated rings. The first kappa shape index (κ1) is 13.6. The van der Waals surface area contributed by atoms with Crippen LogP contribution in [-0.2, 0) is 16.2 Å². The quantitative estimate of drug-likeness (QED) is 0.563. The number of benzene rings is 1. The minimum Gasteiger partial charge on any atom is -0.356 e. The molecule has 0 aliphatic heterocycles. The molecule has 0 aliphatic rings. The molecule has 0 saturated heterocycles. The summed E-state index contributed by atoms with van der Waals surface area (Å²) in [5, 5.41) is 0. The van der Waals surface area contributed by atoms with Gasteiger partial charge in [-0.05, 0) is 24.7 Å². The third kappa shape index (κ3) is 5.39. The summed E-state index contributed by atoms with van der Waals surface area (Å²) >= 11 is 0. The largest absolute Gasteiger partial charge is 0.356 e. The highest BCUT2D eigenvalue weighted by molar-refractivity contribution is 5.69. The van der Waals surface area contributed by atoms with E-state index in [2.05, 4.69) is 4.84 Å². The number of nitrogens with zero attached hydrogens (tertiary/aromatic N) is 1. The fourth-order valence-corrected chi connectivity index (χ4v) is 1.38. The topological polar surface area (TPSA) is 67.6 Å². The minimum atomic E-state index is -0.418. The van der Waals surface area contributed by atoms with Crippen LogP contribution in [-0.4, -0.2) is 24.5 Å². The lowest BCUT2D eigenvalue weighted by Crippen LogP contribution is -2.29. The summed E-state index contributed by atoms with van der Waals surface area (Å²) in [4.78, 5) is 17.3. The average molecular weight is 241 g/mol. The smallest absolute Gasteiger partial charge is 0.327 e. The van der Waals surface area contributed by atoms with Crippen LogP contribution >= 0.6 is 0 Å². The zero-order chi connectivity index (χ0) is 12.7. The Morgan fingerprint density at radius 2 is 2.12 bits per heavy atom. The minimum absolute atomic E-state index is 0.238. The van der Waals surface area contributed by atoms with E-state index in [9.17, 15) is 9.18 Å². The molecule has 1 rings (SSSR count). The third-order valence-electron chi connectivity index (χ3n) is 2.24. The number of halogens is 1. The van der Waals surface area contributed by atoms with Gasteiger partial charge in [0.15, 0.2) is 0 Å². The fraction of sp³-hybridized carbons (Fsp3) is 0.364. The molecule has 0 bridgehead atoms. The standard InChI is InChI=1S/C11H16FN3O2/c1-15(7-6-11(16)17-14-13)8-9-2-4-10(12)5-3-9/h2-5,14H,6-8,13H2,1H3. The van der Waals surface area contributed by atoms with E-state index in [1.54, 1.807) is 12.1 Å². The van der Waals surface area contributed by atoms with E-state index in [0.29, 0.717) is 13.1 Å². The molecule has 1 aromatic carbocycles. The van der Waals surface area contributed by atoms with Crippen LogP contribution in [0.4, 0.5) is 4.39 Å². The van der Waals surface area contributed by atoms with Gasteiger partial charge in [0.2, 0.25) is 0 Å². The Labute approximate surface area is 99.3 Å². The Hall–Kier alpha value is -1.50. The molecule has 0 aliphatic carbocycles.